The number of alkyl halides is 1. The molecule has 4 aliphatic rings. The molecule has 1 unspecified atom stereocenters. The second-order valence-electron chi connectivity index (χ2n) is 9.01. The van der Waals surface area contributed by atoms with Gasteiger partial charge in [-0.2, -0.15) is 0 Å². The van der Waals surface area contributed by atoms with Crippen LogP contribution in [-0.4, -0.2) is 62.0 Å². The number of carbonyl (C=O) groups is 1. The van der Waals surface area contributed by atoms with Crippen molar-refractivity contribution in [1.29, 1.82) is 0 Å². The lowest BCUT2D eigenvalue weighted by Gasteiger charge is -2.36. The Labute approximate surface area is 167 Å². The van der Waals surface area contributed by atoms with Gasteiger partial charge in [0.2, 0.25) is 0 Å². The number of halogens is 1. The number of nitrogens with one attached hydrogen (secondary N) is 2. The molecule has 2 aliphatic heterocycles. The molecule has 3 fully saturated rings. The highest BCUT2D eigenvalue weighted by Gasteiger charge is 2.44. The molecule has 2 aliphatic carbocycles. The third-order valence-corrected chi connectivity index (χ3v) is 6.90. The normalized spacial score (nSPS) is 32.3. The quantitative estimate of drug-likeness (QED) is 0.731. The van der Waals surface area contributed by atoms with Gasteiger partial charge in [0.25, 0.3) is 0 Å². The van der Waals surface area contributed by atoms with Crippen molar-refractivity contribution in [3.8, 4) is 0 Å². The Balaban J connectivity index is 1.13. The first-order chi connectivity index (χ1) is 13.6. The Hall–Kier alpha value is -1.40. The van der Waals surface area contributed by atoms with Crippen LogP contribution in [0.4, 0.5) is 9.18 Å². The highest BCUT2D eigenvalue weighted by atomic mass is 19.1. The number of hydrogen-bond acceptors (Lipinski definition) is 4. The van der Waals surface area contributed by atoms with E-state index in [1.807, 2.05) is 0 Å². The standard InChI is InChI=1S/C22H34FN3O2/c23-22(16-25-20-14-19(20)18-4-2-1-3-5-18)8-12-26(13-9-22)21(27)28-15-17-6-10-24-11-7-17/h1-4,17-20,24-25H,5-16H2/t18?,19-,20+/m1/s1. The number of ether oxygens (including phenoxy) is 1. The zero-order chi connectivity index (χ0) is 19.4. The van der Waals surface area contributed by atoms with Gasteiger partial charge in [0, 0.05) is 38.5 Å². The summed E-state index contributed by atoms with van der Waals surface area (Å²) in [4.78, 5) is 14.0. The Morgan fingerprint density at radius 2 is 2.04 bits per heavy atom. The average molecular weight is 392 g/mol. The van der Waals surface area contributed by atoms with Crippen LogP contribution in [-0.2, 0) is 4.74 Å². The maximum Gasteiger partial charge on any atom is 0.409 e. The molecule has 1 saturated carbocycles. The molecule has 4 rings (SSSR count). The van der Waals surface area contributed by atoms with Crippen LogP contribution in [0.3, 0.4) is 0 Å². The topological polar surface area (TPSA) is 53.6 Å². The van der Waals surface area contributed by atoms with Gasteiger partial charge in [-0.1, -0.05) is 24.3 Å². The van der Waals surface area contributed by atoms with Gasteiger partial charge in [0.05, 0.1) is 6.61 Å². The summed E-state index contributed by atoms with van der Waals surface area (Å²) >= 11 is 0. The largest absolute Gasteiger partial charge is 0.449 e. The van der Waals surface area contributed by atoms with Crippen molar-refractivity contribution >= 4 is 6.09 Å². The molecule has 0 aromatic rings. The second-order valence-corrected chi connectivity index (χ2v) is 9.01. The molecule has 0 radical (unpaired) electrons. The van der Waals surface area contributed by atoms with Crippen LogP contribution in [0.1, 0.15) is 38.5 Å². The summed E-state index contributed by atoms with van der Waals surface area (Å²) in [6.07, 6.45) is 13.6. The van der Waals surface area contributed by atoms with Crippen molar-refractivity contribution in [1.82, 2.24) is 15.5 Å². The van der Waals surface area contributed by atoms with Gasteiger partial charge in [-0.05, 0) is 56.5 Å². The molecule has 156 valence electrons. The highest BCUT2D eigenvalue weighted by Crippen LogP contribution is 2.41. The molecule has 0 bridgehead atoms. The lowest BCUT2D eigenvalue weighted by Crippen LogP contribution is -2.49. The first-order valence-corrected chi connectivity index (χ1v) is 11.0. The lowest BCUT2D eigenvalue weighted by atomic mass is 9.93. The molecule has 2 saturated heterocycles. The third-order valence-electron chi connectivity index (χ3n) is 6.90. The minimum Gasteiger partial charge on any atom is -0.449 e. The minimum absolute atomic E-state index is 0.270. The summed E-state index contributed by atoms with van der Waals surface area (Å²) < 4.78 is 20.7. The molecule has 0 aromatic heterocycles. The molecule has 0 spiro atoms. The van der Waals surface area contributed by atoms with Crippen LogP contribution < -0.4 is 10.6 Å². The molecule has 2 heterocycles. The number of nitrogens with zero attached hydrogens (tertiary/aromatic N) is 1. The first kappa shape index (κ1) is 19.9. The van der Waals surface area contributed by atoms with Crippen LogP contribution in [0.15, 0.2) is 24.3 Å². The molecular weight excluding hydrogens is 357 g/mol. The van der Waals surface area contributed by atoms with E-state index in [2.05, 4.69) is 34.9 Å². The molecule has 1 amide bonds. The fourth-order valence-electron chi connectivity index (χ4n) is 4.75. The van der Waals surface area contributed by atoms with Crippen molar-refractivity contribution in [3.63, 3.8) is 0 Å². The van der Waals surface area contributed by atoms with Gasteiger partial charge >= 0.3 is 6.09 Å². The van der Waals surface area contributed by atoms with Crippen molar-refractivity contribution in [2.45, 2.75) is 50.2 Å². The van der Waals surface area contributed by atoms with Crippen molar-refractivity contribution in [2.24, 2.45) is 17.8 Å². The van der Waals surface area contributed by atoms with E-state index in [0.29, 0.717) is 62.9 Å². The fraction of sp³-hybridized carbons (Fsp3) is 0.773. The zero-order valence-corrected chi connectivity index (χ0v) is 16.7. The van der Waals surface area contributed by atoms with E-state index >= 15 is 4.39 Å². The molecule has 2 N–H and O–H groups in total. The van der Waals surface area contributed by atoms with Crippen LogP contribution in [0.25, 0.3) is 0 Å². The van der Waals surface area contributed by atoms with Gasteiger partial charge in [-0.3, -0.25) is 0 Å². The maximum absolute atomic E-state index is 15.2. The summed E-state index contributed by atoms with van der Waals surface area (Å²) in [5.41, 5.74) is -1.21. The van der Waals surface area contributed by atoms with E-state index in [4.69, 9.17) is 4.74 Å². The third kappa shape index (κ3) is 5.15. The Morgan fingerprint density at radius 3 is 2.75 bits per heavy atom. The fourth-order valence-corrected chi connectivity index (χ4v) is 4.75. The van der Waals surface area contributed by atoms with Gasteiger partial charge in [0.15, 0.2) is 0 Å². The Morgan fingerprint density at radius 1 is 1.25 bits per heavy atom. The van der Waals surface area contributed by atoms with Gasteiger partial charge in [-0.15, -0.1) is 0 Å². The number of allylic oxidation sites excluding steroid dienone is 4. The molecule has 28 heavy (non-hydrogen) atoms. The first-order valence-electron chi connectivity index (χ1n) is 11.0. The zero-order valence-electron chi connectivity index (χ0n) is 16.7. The highest BCUT2D eigenvalue weighted by molar-refractivity contribution is 5.67. The average Bonchev–Trinajstić information content (AvgIpc) is 3.53. The van der Waals surface area contributed by atoms with Crippen LogP contribution in [0.2, 0.25) is 0 Å². The summed E-state index contributed by atoms with van der Waals surface area (Å²) in [7, 11) is 0. The summed E-state index contributed by atoms with van der Waals surface area (Å²) in [6.45, 7) is 3.80. The molecule has 6 heteroatoms. The van der Waals surface area contributed by atoms with Crippen molar-refractivity contribution in [3.05, 3.63) is 24.3 Å². The summed E-state index contributed by atoms with van der Waals surface area (Å²) in [5, 5.41) is 6.77. The van der Waals surface area contributed by atoms with E-state index in [9.17, 15) is 4.79 Å². The predicted molar refractivity (Wildman–Crippen MR) is 108 cm³/mol. The number of likely N-dealkylation sites (tertiary alicyclic amines) is 1. The Bertz CT molecular complexity index is 595. The molecule has 5 nitrogen and oxygen atoms in total. The lowest BCUT2D eigenvalue weighted by molar-refractivity contribution is 0.0361. The van der Waals surface area contributed by atoms with E-state index in [1.165, 1.54) is 0 Å². The second kappa shape index (κ2) is 8.95. The van der Waals surface area contributed by atoms with E-state index in [1.54, 1.807) is 4.90 Å². The van der Waals surface area contributed by atoms with Crippen LogP contribution >= 0.6 is 0 Å². The van der Waals surface area contributed by atoms with Gasteiger partial charge in [-0.25, -0.2) is 9.18 Å². The predicted octanol–water partition coefficient (Wildman–Crippen LogP) is 3.04. The van der Waals surface area contributed by atoms with Crippen LogP contribution in [0, 0.1) is 17.8 Å². The van der Waals surface area contributed by atoms with E-state index in [0.717, 1.165) is 38.8 Å². The smallest absolute Gasteiger partial charge is 0.409 e. The number of amides is 1. The molecule has 3 atom stereocenters. The summed E-state index contributed by atoms with van der Waals surface area (Å²) in [5.74, 6) is 1.71. The van der Waals surface area contributed by atoms with Crippen molar-refractivity contribution < 1.29 is 13.9 Å². The molecular formula is C22H34FN3O2. The molecule has 0 aromatic carbocycles. The van der Waals surface area contributed by atoms with Gasteiger partial charge < -0.3 is 20.3 Å². The number of piperidine rings is 2. The Kier molecular flexibility index (Phi) is 6.36. The number of carbonyl (C=O) groups excluding carboxylic acids is 1. The maximum atomic E-state index is 15.2. The minimum atomic E-state index is -1.21. The van der Waals surface area contributed by atoms with E-state index < -0.39 is 5.67 Å². The summed E-state index contributed by atoms with van der Waals surface area (Å²) in [6, 6.07) is 0.446. The van der Waals surface area contributed by atoms with Gasteiger partial charge in [0.1, 0.15) is 5.67 Å². The number of hydrogen-bond donors (Lipinski definition) is 2. The number of rotatable bonds is 6. The SMILES string of the molecule is O=C(OCC1CCNCC1)N1CCC(F)(CN[C@H]2C[C@@H]2C2C=CC=CC2)CC1. The van der Waals surface area contributed by atoms with Crippen LogP contribution in [0.5, 0.6) is 0 Å². The van der Waals surface area contributed by atoms with E-state index in [-0.39, 0.29) is 6.09 Å². The van der Waals surface area contributed by atoms with Crippen molar-refractivity contribution in [2.75, 3.05) is 39.3 Å². The monoisotopic (exact) mass is 391 g/mol.